The molecule has 1 saturated heterocycles. The number of carbonyl (C=O) groups excluding carboxylic acids is 1. The lowest BCUT2D eigenvalue weighted by Gasteiger charge is -2.32. The molecule has 0 radical (unpaired) electrons. The van der Waals surface area contributed by atoms with Gasteiger partial charge in [-0.25, -0.2) is 4.98 Å². The molecule has 0 aliphatic carbocycles. The number of halogens is 3. The number of piperidine rings is 1. The quantitative estimate of drug-likeness (QED) is 0.711. The van der Waals surface area contributed by atoms with Crippen molar-refractivity contribution in [2.45, 2.75) is 25.7 Å². The third-order valence-electron chi connectivity index (χ3n) is 4.31. The molecule has 1 fully saturated rings. The summed E-state index contributed by atoms with van der Waals surface area (Å²) < 4.78 is 2.23. The Hall–Kier alpha value is -0.400. The fourth-order valence-corrected chi connectivity index (χ4v) is 4.47. The highest BCUT2D eigenvalue weighted by Crippen LogP contribution is 2.26. The van der Waals surface area contributed by atoms with E-state index < -0.39 is 0 Å². The summed E-state index contributed by atoms with van der Waals surface area (Å²) in [6, 6.07) is 6.14. The zero-order valence-electron chi connectivity index (χ0n) is 14.2. The van der Waals surface area contributed by atoms with Gasteiger partial charge in [0.05, 0.1) is 15.2 Å². The number of aromatic nitrogens is 1. The van der Waals surface area contributed by atoms with Crippen LogP contribution in [0.4, 0.5) is 0 Å². The maximum absolute atomic E-state index is 12.5. The minimum atomic E-state index is 0. The zero-order chi connectivity index (χ0) is 16.2. The van der Waals surface area contributed by atoms with E-state index >= 15 is 0 Å². The molecule has 8 heteroatoms. The fourth-order valence-electron chi connectivity index (χ4n) is 3.17. The first-order chi connectivity index (χ1) is 11.2. The highest BCUT2D eigenvalue weighted by Gasteiger charge is 2.23. The van der Waals surface area contributed by atoms with E-state index in [1.807, 2.05) is 24.1 Å². The standard InChI is InChI=1S/C17H22BrN3OS.2ClH/c1-19-10-12-3-2-8-21(11-12)17(22)7-6-16-20-14-9-13(18)4-5-15(14)23-16;;/h4-5,9,12,19H,2-3,6-8,10-11H2,1H3;2*1H. The number of fused-ring (bicyclic) bond motifs is 1. The van der Waals surface area contributed by atoms with Crippen LogP contribution < -0.4 is 5.32 Å². The number of carbonyl (C=O) groups is 1. The average Bonchev–Trinajstić information content (AvgIpc) is 2.95. The van der Waals surface area contributed by atoms with Gasteiger partial charge in [-0.1, -0.05) is 15.9 Å². The Morgan fingerprint density at radius 1 is 1.44 bits per heavy atom. The minimum Gasteiger partial charge on any atom is -0.342 e. The van der Waals surface area contributed by atoms with Crippen LogP contribution in [0.1, 0.15) is 24.3 Å². The van der Waals surface area contributed by atoms with Crippen molar-refractivity contribution in [3.8, 4) is 0 Å². The van der Waals surface area contributed by atoms with E-state index in [1.54, 1.807) is 11.3 Å². The predicted molar refractivity (Wildman–Crippen MR) is 113 cm³/mol. The van der Waals surface area contributed by atoms with Crippen molar-refractivity contribution >= 4 is 68.2 Å². The number of benzene rings is 1. The molecule has 1 unspecified atom stereocenters. The van der Waals surface area contributed by atoms with E-state index in [-0.39, 0.29) is 30.7 Å². The van der Waals surface area contributed by atoms with E-state index in [2.05, 4.69) is 32.3 Å². The van der Waals surface area contributed by atoms with Gasteiger partial charge in [-0.3, -0.25) is 4.79 Å². The third-order valence-corrected chi connectivity index (χ3v) is 5.90. The summed E-state index contributed by atoms with van der Waals surface area (Å²) in [6.07, 6.45) is 3.64. The Morgan fingerprint density at radius 2 is 2.24 bits per heavy atom. The number of hydrogen-bond donors (Lipinski definition) is 1. The summed E-state index contributed by atoms with van der Waals surface area (Å²) in [4.78, 5) is 19.1. The number of nitrogens with zero attached hydrogens (tertiary/aromatic N) is 2. The Balaban J connectivity index is 0.00000156. The van der Waals surface area contributed by atoms with Crippen LogP contribution in [0.2, 0.25) is 0 Å². The van der Waals surface area contributed by atoms with E-state index in [1.165, 1.54) is 11.1 Å². The molecule has 0 spiro atoms. The fraction of sp³-hybridized carbons (Fsp3) is 0.529. The second kappa shape index (κ2) is 10.7. The molecule has 1 amide bonds. The highest BCUT2D eigenvalue weighted by atomic mass is 79.9. The summed E-state index contributed by atoms with van der Waals surface area (Å²) in [5.74, 6) is 0.865. The van der Waals surface area contributed by atoms with Crippen LogP contribution in [0.15, 0.2) is 22.7 Å². The van der Waals surface area contributed by atoms with Crippen molar-refractivity contribution in [3.05, 3.63) is 27.7 Å². The van der Waals surface area contributed by atoms with Gasteiger partial charge >= 0.3 is 0 Å². The van der Waals surface area contributed by atoms with Gasteiger partial charge in [0.1, 0.15) is 0 Å². The van der Waals surface area contributed by atoms with Crippen LogP contribution >= 0.6 is 52.1 Å². The molecule has 0 saturated carbocycles. The molecule has 2 aromatic rings. The SMILES string of the molecule is CNCC1CCCN(C(=O)CCc2nc3cc(Br)ccc3s2)C1.Cl.Cl. The van der Waals surface area contributed by atoms with Crippen molar-refractivity contribution < 1.29 is 4.79 Å². The molecule has 1 atom stereocenters. The van der Waals surface area contributed by atoms with Crippen molar-refractivity contribution in [2.75, 3.05) is 26.7 Å². The first-order valence-electron chi connectivity index (χ1n) is 8.13. The molecule has 1 N–H and O–H groups in total. The lowest BCUT2D eigenvalue weighted by Crippen LogP contribution is -2.42. The van der Waals surface area contributed by atoms with E-state index in [0.29, 0.717) is 12.3 Å². The van der Waals surface area contributed by atoms with Crippen LogP contribution in [-0.2, 0) is 11.2 Å². The molecule has 4 nitrogen and oxygen atoms in total. The Kier molecular flexibility index (Phi) is 9.67. The number of rotatable bonds is 5. The topological polar surface area (TPSA) is 45.2 Å². The molecule has 140 valence electrons. The molecule has 1 aliphatic rings. The molecule has 25 heavy (non-hydrogen) atoms. The largest absolute Gasteiger partial charge is 0.342 e. The lowest BCUT2D eigenvalue weighted by molar-refractivity contribution is -0.132. The zero-order valence-corrected chi connectivity index (χ0v) is 18.2. The normalized spacial score (nSPS) is 17.0. The van der Waals surface area contributed by atoms with Gasteiger partial charge in [-0.15, -0.1) is 36.2 Å². The second-order valence-electron chi connectivity index (χ2n) is 6.13. The summed E-state index contributed by atoms with van der Waals surface area (Å²) in [6.45, 7) is 2.80. The second-order valence-corrected chi connectivity index (χ2v) is 8.16. The molecule has 0 bridgehead atoms. The summed E-state index contributed by atoms with van der Waals surface area (Å²) >= 11 is 5.16. The average molecular weight is 469 g/mol. The van der Waals surface area contributed by atoms with E-state index in [4.69, 9.17) is 0 Å². The maximum atomic E-state index is 12.5. The van der Waals surface area contributed by atoms with Gasteiger partial charge in [-0.2, -0.15) is 0 Å². The van der Waals surface area contributed by atoms with Crippen LogP contribution in [0.5, 0.6) is 0 Å². The Morgan fingerprint density at radius 3 is 3.00 bits per heavy atom. The van der Waals surface area contributed by atoms with Crippen LogP contribution in [-0.4, -0.2) is 42.5 Å². The molecular formula is C17H24BrCl2N3OS. The first-order valence-corrected chi connectivity index (χ1v) is 9.74. The summed E-state index contributed by atoms with van der Waals surface area (Å²) in [7, 11) is 1.98. The molecule has 1 aromatic carbocycles. The number of nitrogens with one attached hydrogen (secondary N) is 1. The molecule has 1 aromatic heterocycles. The van der Waals surface area contributed by atoms with Crippen molar-refractivity contribution in [3.63, 3.8) is 0 Å². The molecule has 1 aliphatic heterocycles. The minimum absolute atomic E-state index is 0. The van der Waals surface area contributed by atoms with Crippen molar-refractivity contribution in [1.82, 2.24) is 15.2 Å². The van der Waals surface area contributed by atoms with Gasteiger partial charge in [0.25, 0.3) is 0 Å². The van der Waals surface area contributed by atoms with Gasteiger partial charge in [0, 0.05) is 30.4 Å². The number of aryl methyl sites for hydroxylation is 1. The monoisotopic (exact) mass is 467 g/mol. The van der Waals surface area contributed by atoms with Gasteiger partial charge in [0.2, 0.25) is 5.91 Å². The molecule has 2 heterocycles. The van der Waals surface area contributed by atoms with Crippen molar-refractivity contribution in [1.29, 1.82) is 0 Å². The van der Waals surface area contributed by atoms with E-state index in [0.717, 1.165) is 47.5 Å². The Bertz CT molecular complexity index is 696. The maximum Gasteiger partial charge on any atom is 0.222 e. The number of hydrogen-bond acceptors (Lipinski definition) is 4. The Labute approximate surface area is 173 Å². The smallest absolute Gasteiger partial charge is 0.222 e. The molecule has 3 rings (SSSR count). The first kappa shape index (κ1) is 22.6. The van der Waals surface area contributed by atoms with Gasteiger partial charge in [0.15, 0.2) is 0 Å². The van der Waals surface area contributed by atoms with Crippen LogP contribution in [0, 0.1) is 5.92 Å². The number of likely N-dealkylation sites (tertiary alicyclic amines) is 1. The summed E-state index contributed by atoms with van der Waals surface area (Å²) in [5.41, 5.74) is 1.01. The highest BCUT2D eigenvalue weighted by molar-refractivity contribution is 9.10. The lowest BCUT2D eigenvalue weighted by atomic mass is 9.97. The summed E-state index contributed by atoms with van der Waals surface area (Å²) in [5, 5.41) is 4.28. The predicted octanol–water partition coefficient (Wildman–Crippen LogP) is 4.29. The number of amides is 1. The van der Waals surface area contributed by atoms with Crippen LogP contribution in [0.25, 0.3) is 10.2 Å². The number of thiazole rings is 1. The third kappa shape index (κ3) is 6.07. The van der Waals surface area contributed by atoms with Gasteiger partial charge in [-0.05, 0) is 50.6 Å². The van der Waals surface area contributed by atoms with E-state index in [9.17, 15) is 4.79 Å². The molecular weight excluding hydrogens is 445 g/mol. The van der Waals surface area contributed by atoms with Crippen LogP contribution in [0.3, 0.4) is 0 Å². The van der Waals surface area contributed by atoms with Crippen molar-refractivity contribution in [2.24, 2.45) is 5.92 Å². The van der Waals surface area contributed by atoms with Gasteiger partial charge < -0.3 is 10.2 Å².